The summed E-state index contributed by atoms with van der Waals surface area (Å²) in [5.41, 5.74) is 5.94. The number of sulfone groups is 1. The molecule has 0 aromatic carbocycles. The molecule has 0 amide bonds. The zero-order valence-corrected chi connectivity index (χ0v) is 10.1. The molecule has 1 saturated heterocycles. The molecule has 1 rings (SSSR count). The van der Waals surface area contributed by atoms with E-state index < -0.39 is 9.84 Å². The molecule has 4 nitrogen and oxygen atoms in total. The lowest BCUT2D eigenvalue weighted by Crippen LogP contribution is -2.32. The van der Waals surface area contributed by atoms with Crippen molar-refractivity contribution in [3.8, 4) is 0 Å². The largest absolute Gasteiger partial charge is 0.381 e. The summed E-state index contributed by atoms with van der Waals surface area (Å²) in [5.74, 6) is 0.712. The number of nitrogens with two attached hydrogens (primary N) is 1. The minimum absolute atomic E-state index is 0.0286. The fourth-order valence-corrected chi connectivity index (χ4v) is 3.76. The average Bonchev–Trinajstić information content (AvgIpc) is 2.53. The SMILES string of the molecule is CCCOCCC(N)C1CCS(=O)(=O)C1. The van der Waals surface area contributed by atoms with Crippen molar-refractivity contribution in [3.63, 3.8) is 0 Å². The number of rotatable bonds is 6. The number of hydrogen-bond acceptors (Lipinski definition) is 4. The Balaban J connectivity index is 2.21. The van der Waals surface area contributed by atoms with Gasteiger partial charge in [0.05, 0.1) is 11.5 Å². The number of ether oxygens (including phenoxy) is 1. The highest BCUT2D eigenvalue weighted by molar-refractivity contribution is 7.91. The smallest absolute Gasteiger partial charge is 0.150 e. The molecule has 2 unspecified atom stereocenters. The zero-order valence-electron chi connectivity index (χ0n) is 9.31. The van der Waals surface area contributed by atoms with Crippen LogP contribution in [0.2, 0.25) is 0 Å². The van der Waals surface area contributed by atoms with Crippen LogP contribution in [0.25, 0.3) is 0 Å². The molecule has 1 aliphatic heterocycles. The maximum absolute atomic E-state index is 11.2. The van der Waals surface area contributed by atoms with Crippen LogP contribution >= 0.6 is 0 Å². The Kier molecular flexibility index (Phi) is 5.02. The van der Waals surface area contributed by atoms with E-state index in [2.05, 4.69) is 6.92 Å². The average molecular weight is 235 g/mol. The zero-order chi connectivity index (χ0) is 11.3. The molecule has 0 bridgehead atoms. The first-order valence-electron chi connectivity index (χ1n) is 5.59. The molecule has 5 heteroatoms. The van der Waals surface area contributed by atoms with Crippen molar-refractivity contribution < 1.29 is 13.2 Å². The van der Waals surface area contributed by atoms with Crippen LogP contribution in [0.3, 0.4) is 0 Å². The van der Waals surface area contributed by atoms with Crippen LogP contribution in [-0.2, 0) is 14.6 Å². The molecular weight excluding hydrogens is 214 g/mol. The summed E-state index contributed by atoms with van der Waals surface area (Å²) in [6.45, 7) is 3.46. The van der Waals surface area contributed by atoms with Crippen molar-refractivity contribution in [2.24, 2.45) is 11.7 Å². The molecule has 90 valence electrons. The highest BCUT2D eigenvalue weighted by Gasteiger charge is 2.31. The summed E-state index contributed by atoms with van der Waals surface area (Å²) in [4.78, 5) is 0. The summed E-state index contributed by atoms with van der Waals surface area (Å²) in [6.07, 6.45) is 2.49. The molecule has 15 heavy (non-hydrogen) atoms. The molecule has 0 aromatic heterocycles. The van der Waals surface area contributed by atoms with E-state index in [-0.39, 0.29) is 17.7 Å². The first-order valence-corrected chi connectivity index (χ1v) is 7.41. The van der Waals surface area contributed by atoms with Gasteiger partial charge in [0.1, 0.15) is 0 Å². The predicted octanol–water partition coefficient (Wildman–Crippen LogP) is 0.565. The van der Waals surface area contributed by atoms with Crippen LogP contribution < -0.4 is 5.73 Å². The molecule has 0 spiro atoms. The highest BCUT2D eigenvalue weighted by atomic mass is 32.2. The van der Waals surface area contributed by atoms with Gasteiger partial charge in [0, 0.05) is 19.3 Å². The lowest BCUT2D eigenvalue weighted by Gasteiger charge is -2.17. The maximum Gasteiger partial charge on any atom is 0.150 e. The molecule has 0 aromatic rings. The summed E-state index contributed by atoms with van der Waals surface area (Å²) >= 11 is 0. The lowest BCUT2D eigenvalue weighted by molar-refractivity contribution is 0.123. The van der Waals surface area contributed by atoms with Gasteiger partial charge in [-0.15, -0.1) is 0 Å². The lowest BCUT2D eigenvalue weighted by atomic mass is 9.98. The molecule has 1 aliphatic rings. The van der Waals surface area contributed by atoms with Gasteiger partial charge >= 0.3 is 0 Å². The Morgan fingerprint density at radius 3 is 2.73 bits per heavy atom. The molecule has 2 atom stereocenters. The van der Waals surface area contributed by atoms with Crippen molar-refractivity contribution >= 4 is 9.84 Å². The molecule has 2 N–H and O–H groups in total. The van der Waals surface area contributed by atoms with Gasteiger partial charge in [0.15, 0.2) is 9.84 Å². The van der Waals surface area contributed by atoms with Gasteiger partial charge in [0.25, 0.3) is 0 Å². The van der Waals surface area contributed by atoms with E-state index in [4.69, 9.17) is 10.5 Å². The van der Waals surface area contributed by atoms with Crippen LogP contribution in [-0.4, -0.2) is 39.2 Å². The van der Waals surface area contributed by atoms with Crippen LogP contribution in [0.5, 0.6) is 0 Å². The van der Waals surface area contributed by atoms with E-state index in [1.165, 1.54) is 0 Å². The van der Waals surface area contributed by atoms with E-state index in [1.807, 2.05) is 0 Å². The van der Waals surface area contributed by atoms with Gasteiger partial charge in [0.2, 0.25) is 0 Å². The molecule has 1 fully saturated rings. The molecule has 0 aliphatic carbocycles. The Hall–Kier alpha value is -0.130. The Morgan fingerprint density at radius 2 is 2.20 bits per heavy atom. The van der Waals surface area contributed by atoms with Gasteiger partial charge in [-0.25, -0.2) is 8.42 Å². The second-order valence-corrected chi connectivity index (χ2v) is 6.46. The Morgan fingerprint density at radius 1 is 1.47 bits per heavy atom. The van der Waals surface area contributed by atoms with Crippen LogP contribution in [0.4, 0.5) is 0 Å². The monoisotopic (exact) mass is 235 g/mol. The minimum Gasteiger partial charge on any atom is -0.381 e. The topological polar surface area (TPSA) is 69.4 Å². The van der Waals surface area contributed by atoms with Crippen molar-refractivity contribution in [1.82, 2.24) is 0 Å². The summed E-state index contributed by atoms with van der Waals surface area (Å²) < 4.78 is 27.8. The van der Waals surface area contributed by atoms with Crippen molar-refractivity contribution in [3.05, 3.63) is 0 Å². The molecular formula is C10H21NO3S. The third-order valence-corrected chi connectivity index (χ3v) is 4.61. The van der Waals surface area contributed by atoms with Gasteiger partial charge in [-0.05, 0) is 25.2 Å². The maximum atomic E-state index is 11.2. The normalized spacial score (nSPS) is 26.7. The second kappa shape index (κ2) is 5.82. The third-order valence-electron chi connectivity index (χ3n) is 2.82. The van der Waals surface area contributed by atoms with Gasteiger partial charge in [-0.2, -0.15) is 0 Å². The van der Waals surface area contributed by atoms with Crippen molar-refractivity contribution in [1.29, 1.82) is 0 Å². The van der Waals surface area contributed by atoms with Crippen molar-refractivity contribution in [2.45, 2.75) is 32.2 Å². The van der Waals surface area contributed by atoms with E-state index in [0.29, 0.717) is 12.4 Å². The fourth-order valence-electron chi connectivity index (χ4n) is 1.86. The first-order chi connectivity index (χ1) is 7.05. The van der Waals surface area contributed by atoms with Gasteiger partial charge < -0.3 is 10.5 Å². The first kappa shape index (κ1) is 12.9. The highest BCUT2D eigenvalue weighted by Crippen LogP contribution is 2.22. The summed E-state index contributed by atoms with van der Waals surface area (Å²) in [7, 11) is -2.80. The van der Waals surface area contributed by atoms with Crippen molar-refractivity contribution in [2.75, 3.05) is 24.7 Å². The molecule has 0 radical (unpaired) electrons. The van der Waals surface area contributed by atoms with Crippen LogP contribution in [0.15, 0.2) is 0 Å². The summed E-state index contributed by atoms with van der Waals surface area (Å²) in [5, 5.41) is 0. The second-order valence-electron chi connectivity index (χ2n) is 4.23. The van der Waals surface area contributed by atoms with E-state index in [0.717, 1.165) is 25.9 Å². The van der Waals surface area contributed by atoms with Gasteiger partial charge in [-0.3, -0.25) is 0 Å². The third kappa shape index (κ3) is 4.49. The molecule has 1 heterocycles. The number of hydrogen-bond donors (Lipinski definition) is 1. The standard InChI is InChI=1S/C10H21NO3S/c1-2-5-14-6-3-10(11)9-4-7-15(12,13)8-9/h9-10H,2-8,11H2,1H3. The summed E-state index contributed by atoms with van der Waals surface area (Å²) in [6, 6.07) is -0.0286. The quantitative estimate of drug-likeness (QED) is 0.683. The van der Waals surface area contributed by atoms with E-state index in [1.54, 1.807) is 0 Å². The fraction of sp³-hybridized carbons (Fsp3) is 1.00. The Labute approximate surface area is 92.1 Å². The van der Waals surface area contributed by atoms with Crippen LogP contribution in [0, 0.1) is 5.92 Å². The van der Waals surface area contributed by atoms with Crippen LogP contribution in [0.1, 0.15) is 26.2 Å². The van der Waals surface area contributed by atoms with Gasteiger partial charge in [-0.1, -0.05) is 6.92 Å². The molecule has 0 saturated carbocycles. The predicted molar refractivity (Wildman–Crippen MR) is 60.5 cm³/mol. The van der Waals surface area contributed by atoms with E-state index in [9.17, 15) is 8.42 Å². The Bertz CT molecular complexity index is 276. The minimum atomic E-state index is -2.80. The van der Waals surface area contributed by atoms with E-state index >= 15 is 0 Å².